The number of nitrogens with zero attached hydrogens (tertiary/aromatic N) is 3. The van der Waals surface area contributed by atoms with Gasteiger partial charge in [0, 0.05) is 53.4 Å². The number of hydrogen-bond donors (Lipinski definition) is 2. The van der Waals surface area contributed by atoms with Crippen LogP contribution in [-0.2, 0) is 4.79 Å². The van der Waals surface area contributed by atoms with E-state index in [1.54, 1.807) is 6.20 Å². The summed E-state index contributed by atoms with van der Waals surface area (Å²) in [4.78, 5) is 25.4. The van der Waals surface area contributed by atoms with Crippen LogP contribution in [0.2, 0.25) is 0 Å². The number of anilines is 2. The maximum atomic E-state index is 12.1. The van der Waals surface area contributed by atoms with Gasteiger partial charge in [-0.3, -0.25) is 14.8 Å². The lowest BCUT2D eigenvalue weighted by Gasteiger charge is -2.12. The lowest BCUT2D eigenvalue weighted by atomic mass is 9.99. The van der Waals surface area contributed by atoms with Gasteiger partial charge in [0.15, 0.2) is 0 Å². The van der Waals surface area contributed by atoms with E-state index in [1.807, 2.05) is 45.4 Å². The molecule has 2 N–H and O–H groups in total. The van der Waals surface area contributed by atoms with Gasteiger partial charge >= 0.3 is 0 Å². The topological polar surface area (TPSA) is 79.8 Å². The number of rotatable bonds is 5. The predicted molar refractivity (Wildman–Crippen MR) is 111 cm³/mol. The molecule has 0 aromatic carbocycles. The number of hydrogen-bond acceptors (Lipinski definition) is 5. The number of amides is 1. The molecule has 1 amide bonds. The molecule has 4 rings (SSSR count). The molecule has 28 heavy (non-hydrogen) atoms. The molecule has 0 unspecified atom stereocenters. The Morgan fingerprint density at radius 3 is 2.39 bits per heavy atom. The van der Waals surface area contributed by atoms with Crippen LogP contribution in [0.15, 0.2) is 42.9 Å². The van der Waals surface area contributed by atoms with Crippen molar-refractivity contribution in [2.24, 2.45) is 5.92 Å². The monoisotopic (exact) mass is 373 g/mol. The summed E-state index contributed by atoms with van der Waals surface area (Å²) >= 11 is 0. The van der Waals surface area contributed by atoms with Gasteiger partial charge in [-0.15, -0.1) is 0 Å². The van der Waals surface area contributed by atoms with Gasteiger partial charge in [0.2, 0.25) is 5.91 Å². The first-order chi connectivity index (χ1) is 13.5. The van der Waals surface area contributed by atoms with Gasteiger partial charge in [-0.1, -0.05) is 0 Å². The van der Waals surface area contributed by atoms with E-state index >= 15 is 0 Å². The molecule has 0 radical (unpaired) electrons. The number of aromatic nitrogens is 3. The molecule has 0 aliphatic heterocycles. The number of pyridine rings is 3. The fourth-order valence-electron chi connectivity index (χ4n) is 3.17. The summed E-state index contributed by atoms with van der Waals surface area (Å²) in [7, 11) is 1.88. The molecule has 3 aromatic heterocycles. The minimum Gasteiger partial charge on any atom is -0.387 e. The Morgan fingerprint density at radius 1 is 0.964 bits per heavy atom. The first-order valence-corrected chi connectivity index (χ1v) is 9.44. The Hall–Kier alpha value is -3.28. The van der Waals surface area contributed by atoms with Gasteiger partial charge in [-0.25, -0.2) is 4.98 Å². The Balaban J connectivity index is 1.71. The molecule has 6 nitrogen and oxygen atoms in total. The van der Waals surface area contributed by atoms with Crippen LogP contribution in [0.3, 0.4) is 0 Å². The summed E-state index contributed by atoms with van der Waals surface area (Å²) in [6, 6.07) is 8.04. The van der Waals surface area contributed by atoms with Crippen molar-refractivity contribution in [3.8, 4) is 22.3 Å². The van der Waals surface area contributed by atoms with Gasteiger partial charge in [-0.2, -0.15) is 0 Å². The van der Waals surface area contributed by atoms with Gasteiger partial charge in [-0.05, 0) is 56.5 Å². The van der Waals surface area contributed by atoms with E-state index in [2.05, 4.69) is 37.7 Å². The van der Waals surface area contributed by atoms with Crippen LogP contribution in [0.25, 0.3) is 22.3 Å². The first kappa shape index (κ1) is 18.1. The summed E-state index contributed by atoms with van der Waals surface area (Å²) in [6.45, 7) is 3.98. The smallest absolute Gasteiger partial charge is 0.228 e. The Morgan fingerprint density at radius 2 is 1.68 bits per heavy atom. The van der Waals surface area contributed by atoms with E-state index in [9.17, 15) is 4.79 Å². The summed E-state index contributed by atoms with van der Waals surface area (Å²) in [5, 5.41) is 6.05. The average Bonchev–Trinajstić information content (AvgIpc) is 3.54. The maximum absolute atomic E-state index is 12.1. The third kappa shape index (κ3) is 3.71. The first-order valence-electron chi connectivity index (χ1n) is 9.44. The third-order valence-electron chi connectivity index (χ3n) is 5.04. The van der Waals surface area contributed by atoms with Crippen molar-refractivity contribution in [1.82, 2.24) is 15.0 Å². The predicted octanol–water partition coefficient (Wildman–Crippen LogP) is 4.21. The fraction of sp³-hybridized carbons (Fsp3) is 0.273. The van der Waals surface area contributed by atoms with Crippen molar-refractivity contribution in [2.75, 3.05) is 17.7 Å². The molecule has 0 spiro atoms. The van der Waals surface area contributed by atoms with Crippen molar-refractivity contribution in [3.63, 3.8) is 0 Å². The molecule has 1 fully saturated rings. The largest absolute Gasteiger partial charge is 0.387 e. The molecule has 1 saturated carbocycles. The standard InChI is InChI=1S/C22H23N5O/c1-13-19(16-6-7-24-21(9-16)27-22(28)15-4-5-15)8-17(11-25-13)20-10-18(23-3)12-26-14(20)2/h6-12,15,23H,4-5H2,1-3H3,(H,24,27,28). The summed E-state index contributed by atoms with van der Waals surface area (Å²) in [6.07, 6.45) is 7.35. The number of carbonyl (C=O) groups is 1. The number of nitrogens with one attached hydrogen (secondary N) is 2. The molecule has 0 bridgehead atoms. The highest BCUT2D eigenvalue weighted by Gasteiger charge is 2.29. The third-order valence-corrected chi connectivity index (χ3v) is 5.04. The van der Waals surface area contributed by atoms with Crippen LogP contribution in [0.1, 0.15) is 24.2 Å². The second-order valence-corrected chi connectivity index (χ2v) is 7.16. The quantitative estimate of drug-likeness (QED) is 0.700. The Bertz CT molecular complexity index is 1040. The SMILES string of the molecule is CNc1cnc(C)c(-c2cnc(C)c(-c3ccnc(NC(=O)C4CC4)c3)c2)c1. The van der Waals surface area contributed by atoms with Gasteiger partial charge in [0.1, 0.15) is 5.82 Å². The van der Waals surface area contributed by atoms with Crippen molar-refractivity contribution < 1.29 is 4.79 Å². The van der Waals surface area contributed by atoms with E-state index in [4.69, 9.17) is 0 Å². The molecule has 142 valence electrons. The van der Waals surface area contributed by atoms with Crippen molar-refractivity contribution >= 4 is 17.4 Å². The Labute approximate surface area is 164 Å². The van der Waals surface area contributed by atoms with Crippen molar-refractivity contribution in [3.05, 3.63) is 54.2 Å². The lowest BCUT2D eigenvalue weighted by Crippen LogP contribution is -2.14. The molecule has 3 heterocycles. The van der Waals surface area contributed by atoms with Crippen LogP contribution < -0.4 is 10.6 Å². The average molecular weight is 373 g/mol. The molecule has 0 saturated heterocycles. The molecule has 6 heteroatoms. The normalized spacial score (nSPS) is 13.2. The maximum Gasteiger partial charge on any atom is 0.228 e. The summed E-state index contributed by atoms with van der Waals surface area (Å²) in [5.74, 6) is 0.778. The van der Waals surface area contributed by atoms with Crippen molar-refractivity contribution in [1.29, 1.82) is 0 Å². The molecule has 3 aromatic rings. The fourth-order valence-corrected chi connectivity index (χ4v) is 3.17. The minimum absolute atomic E-state index is 0.0545. The second kappa shape index (κ2) is 7.38. The van der Waals surface area contributed by atoms with E-state index in [-0.39, 0.29) is 11.8 Å². The van der Waals surface area contributed by atoms with Crippen LogP contribution in [0, 0.1) is 19.8 Å². The zero-order valence-electron chi connectivity index (χ0n) is 16.3. The zero-order chi connectivity index (χ0) is 19.7. The molecular formula is C22H23N5O. The molecule has 0 atom stereocenters. The highest BCUT2D eigenvalue weighted by atomic mass is 16.2. The van der Waals surface area contributed by atoms with Gasteiger partial charge in [0.05, 0.1) is 11.9 Å². The van der Waals surface area contributed by atoms with Crippen LogP contribution >= 0.6 is 0 Å². The molecular weight excluding hydrogens is 350 g/mol. The molecule has 1 aliphatic carbocycles. The number of aryl methyl sites for hydroxylation is 2. The second-order valence-electron chi connectivity index (χ2n) is 7.16. The zero-order valence-corrected chi connectivity index (χ0v) is 16.3. The van der Waals surface area contributed by atoms with Gasteiger partial charge in [0.25, 0.3) is 0 Å². The van der Waals surface area contributed by atoms with E-state index < -0.39 is 0 Å². The highest BCUT2D eigenvalue weighted by molar-refractivity contribution is 5.93. The van der Waals surface area contributed by atoms with Gasteiger partial charge < -0.3 is 10.6 Å². The number of carbonyl (C=O) groups excluding carboxylic acids is 1. The lowest BCUT2D eigenvalue weighted by molar-refractivity contribution is -0.117. The van der Waals surface area contributed by atoms with Crippen LogP contribution in [0.4, 0.5) is 11.5 Å². The van der Waals surface area contributed by atoms with E-state index in [0.29, 0.717) is 5.82 Å². The van der Waals surface area contributed by atoms with Crippen LogP contribution in [0.5, 0.6) is 0 Å². The minimum atomic E-state index is 0.0545. The molecule has 1 aliphatic rings. The summed E-state index contributed by atoms with van der Waals surface area (Å²) in [5.41, 5.74) is 6.85. The van der Waals surface area contributed by atoms with E-state index in [1.165, 1.54) is 0 Å². The van der Waals surface area contributed by atoms with Crippen LogP contribution in [-0.4, -0.2) is 27.9 Å². The summed E-state index contributed by atoms with van der Waals surface area (Å²) < 4.78 is 0. The highest BCUT2D eigenvalue weighted by Crippen LogP contribution is 2.32. The van der Waals surface area contributed by atoms with Crippen molar-refractivity contribution in [2.45, 2.75) is 26.7 Å². The van der Waals surface area contributed by atoms with E-state index in [0.717, 1.165) is 52.2 Å². The Kier molecular flexibility index (Phi) is 4.77.